The molecule has 0 radical (unpaired) electrons. The Balaban J connectivity index is 2.26. The van der Waals surface area contributed by atoms with Crippen LogP contribution >= 0.6 is 0 Å². The summed E-state index contributed by atoms with van der Waals surface area (Å²) in [6.07, 6.45) is 1.28. The Labute approximate surface area is 63.0 Å². The van der Waals surface area contributed by atoms with Gasteiger partial charge in [0.1, 0.15) is 0 Å². The topological polar surface area (TPSA) is 18.5 Å². The van der Waals surface area contributed by atoms with Crippen LogP contribution in [0.5, 0.6) is 0 Å². The second-order valence-corrected chi connectivity index (χ2v) is 2.87. The van der Waals surface area contributed by atoms with E-state index < -0.39 is 0 Å². The van der Waals surface area contributed by atoms with Gasteiger partial charge in [-0.2, -0.15) is 0 Å². The van der Waals surface area contributed by atoms with Crippen LogP contribution in [0.4, 0.5) is 0 Å². The first-order chi connectivity index (χ1) is 4.83. The molecule has 0 aromatic heterocycles. The Morgan fingerprint density at radius 3 is 2.60 bits per heavy atom. The van der Waals surface area contributed by atoms with E-state index in [-0.39, 0.29) is 0 Å². The van der Waals surface area contributed by atoms with Crippen molar-refractivity contribution in [3.05, 3.63) is 0 Å². The molecule has 0 aromatic carbocycles. The fraction of sp³-hybridized carbons (Fsp3) is 1.00. The summed E-state index contributed by atoms with van der Waals surface area (Å²) in [7, 11) is 4.17. The zero-order chi connectivity index (χ0) is 7.40. The summed E-state index contributed by atoms with van der Waals surface area (Å²) in [5.74, 6) is 0. The fourth-order valence-corrected chi connectivity index (χ4v) is 1.27. The molecular weight excluding hydrogens is 126 g/mol. The van der Waals surface area contributed by atoms with Crippen molar-refractivity contribution < 1.29 is 0 Å². The molecule has 3 heteroatoms. The zero-order valence-corrected chi connectivity index (χ0v) is 6.93. The maximum Gasteiger partial charge on any atom is 0.0258 e. The number of hydrazine groups is 1. The SMILES string of the molecule is CNN1CCCN(C)CC1. The van der Waals surface area contributed by atoms with Crippen molar-refractivity contribution in [2.24, 2.45) is 0 Å². The largest absolute Gasteiger partial charge is 0.305 e. The lowest BCUT2D eigenvalue weighted by atomic mass is 10.4. The summed E-state index contributed by atoms with van der Waals surface area (Å²) >= 11 is 0. The molecule has 1 fully saturated rings. The van der Waals surface area contributed by atoms with Crippen LogP contribution in [0.15, 0.2) is 0 Å². The Hall–Kier alpha value is -0.120. The van der Waals surface area contributed by atoms with Gasteiger partial charge in [-0.1, -0.05) is 0 Å². The van der Waals surface area contributed by atoms with Crippen LogP contribution in [0.25, 0.3) is 0 Å². The molecule has 1 N–H and O–H groups in total. The van der Waals surface area contributed by atoms with E-state index in [1.165, 1.54) is 26.1 Å². The maximum atomic E-state index is 3.17. The monoisotopic (exact) mass is 143 g/mol. The number of likely N-dealkylation sites (N-methyl/N-ethyl adjacent to an activating group) is 1. The molecule has 1 saturated heterocycles. The normalized spacial score (nSPS) is 24.6. The zero-order valence-electron chi connectivity index (χ0n) is 6.93. The van der Waals surface area contributed by atoms with E-state index in [2.05, 4.69) is 22.4 Å². The van der Waals surface area contributed by atoms with E-state index in [1.54, 1.807) is 0 Å². The van der Waals surface area contributed by atoms with Gasteiger partial charge in [-0.05, 0) is 27.1 Å². The van der Waals surface area contributed by atoms with Gasteiger partial charge in [-0.3, -0.25) is 5.43 Å². The quantitative estimate of drug-likeness (QED) is 0.546. The first-order valence-electron chi connectivity index (χ1n) is 3.94. The summed E-state index contributed by atoms with van der Waals surface area (Å²) in [4.78, 5) is 2.37. The number of rotatable bonds is 1. The number of hydrogen-bond acceptors (Lipinski definition) is 3. The Morgan fingerprint density at radius 1 is 1.10 bits per heavy atom. The van der Waals surface area contributed by atoms with Gasteiger partial charge in [0, 0.05) is 19.6 Å². The molecule has 60 valence electrons. The third kappa shape index (κ3) is 2.25. The van der Waals surface area contributed by atoms with Gasteiger partial charge in [0.05, 0.1) is 0 Å². The third-order valence-electron chi connectivity index (χ3n) is 2.04. The molecule has 0 aromatic rings. The van der Waals surface area contributed by atoms with E-state index in [1.807, 2.05) is 7.05 Å². The van der Waals surface area contributed by atoms with Crippen molar-refractivity contribution >= 4 is 0 Å². The molecule has 0 aliphatic carbocycles. The van der Waals surface area contributed by atoms with Crippen molar-refractivity contribution in [2.75, 3.05) is 40.3 Å². The van der Waals surface area contributed by atoms with Gasteiger partial charge in [-0.25, -0.2) is 5.01 Å². The van der Waals surface area contributed by atoms with Crippen LogP contribution in [-0.2, 0) is 0 Å². The molecule has 1 rings (SSSR count). The minimum atomic E-state index is 1.15. The van der Waals surface area contributed by atoms with Crippen molar-refractivity contribution in [3.8, 4) is 0 Å². The van der Waals surface area contributed by atoms with Crippen LogP contribution < -0.4 is 5.43 Å². The van der Waals surface area contributed by atoms with Crippen molar-refractivity contribution in [1.82, 2.24) is 15.3 Å². The van der Waals surface area contributed by atoms with Gasteiger partial charge in [0.25, 0.3) is 0 Å². The molecule has 0 amide bonds. The van der Waals surface area contributed by atoms with E-state index in [9.17, 15) is 0 Å². The molecule has 3 nitrogen and oxygen atoms in total. The molecule has 1 aliphatic rings. The molecular formula is C7H17N3. The summed E-state index contributed by atoms with van der Waals surface area (Å²) < 4.78 is 0. The number of nitrogens with zero attached hydrogens (tertiary/aromatic N) is 2. The standard InChI is InChI=1S/C7H17N3/c1-8-10-5-3-4-9(2)6-7-10/h8H,3-7H2,1-2H3. The highest BCUT2D eigenvalue weighted by molar-refractivity contribution is 4.62. The highest BCUT2D eigenvalue weighted by Crippen LogP contribution is 1.96. The first-order valence-corrected chi connectivity index (χ1v) is 3.94. The van der Waals surface area contributed by atoms with Crippen LogP contribution in [0.2, 0.25) is 0 Å². The molecule has 0 bridgehead atoms. The molecule has 0 saturated carbocycles. The van der Waals surface area contributed by atoms with E-state index >= 15 is 0 Å². The van der Waals surface area contributed by atoms with E-state index in [0.29, 0.717) is 0 Å². The molecule has 0 atom stereocenters. The minimum absolute atomic E-state index is 1.15. The lowest BCUT2D eigenvalue weighted by Crippen LogP contribution is -2.37. The van der Waals surface area contributed by atoms with Crippen LogP contribution in [0.1, 0.15) is 6.42 Å². The average molecular weight is 143 g/mol. The molecule has 1 aliphatic heterocycles. The Kier molecular flexibility index (Phi) is 3.12. The molecule has 1 heterocycles. The van der Waals surface area contributed by atoms with Gasteiger partial charge in [0.2, 0.25) is 0 Å². The summed E-state index contributed by atoms with van der Waals surface area (Å²) in [5.41, 5.74) is 3.17. The number of hydrogen-bond donors (Lipinski definition) is 1. The van der Waals surface area contributed by atoms with Crippen LogP contribution in [0.3, 0.4) is 0 Å². The first kappa shape index (κ1) is 7.98. The van der Waals surface area contributed by atoms with Gasteiger partial charge in [-0.15, -0.1) is 0 Å². The van der Waals surface area contributed by atoms with Crippen molar-refractivity contribution in [1.29, 1.82) is 0 Å². The molecule has 0 unspecified atom stereocenters. The lowest BCUT2D eigenvalue weighted by Gasteiger charge is -2.17. The summed E-state index contributed by atoms with van der Waals surface area (Å²) in [6, 6.07) is 0. The van der Waals surface area contributed by atoms with Crippen LogP contribution in [-0.4, -0.2) is 50.2 Å². The Bertz CT molecular complexity index is 94.9. The fourth-order valence-electron chi connectivity index (χ4n) is 1.27. The van der Waals surface area contributed by atoms with Gasteiger partial charge in [0.15, 0.2) is 0 Å². The minimum Gasteiger partial charge on any atom is -0.305 e. The predicted octanol–water partition coefficient (Wildman–Crippen LogP) is -0.242. The van der Waals surface area contributed by atoms with Crippen molar-refractivity contribution in [3.63, 3.8) is 0 Å². The van der Waals surface area contributed by atoms with Crippen molar-refractivity contribution in [2.45, 2.75) is 6.42 Å². The third-order valence-corrected chi connectivity index (χ3v) is 2.04. The maximum absolute atomic E-state index is 3.17. The van der Waals surface area contributed by atoms with E-state index in [0.717, 1.165) is 6.54 Å². The lowest BCUT2D eigenvalue weighted by molar-refractivity contribution is 0.214. The number of nitrogens with one attached hydrogen (secondary N) is 1. The Morgan fingerprint density at radius 2 is 1.90 bits per heavy atom. The predicted molar refractivity (Wildman–Crippen MR) is 42.7 cm³/mol. The van der Waals surface area contributed by atoms with Gasteiger partial charge >= 0.3 is 0 Å². The molecule has 10 heavy (non-hydrogen) atoms. The second-order valence-electron chi connectivity index (χ2n) is 2.87. The van der Waals surface area contributed by atoms with E-state index in [4.69, 9.17) is 0 Å². The summed E-state index contributed by atoms with van der Waals surface area (Å²) in [5, 5.41) is 2.27. The van der Waals surface area contributed by atoms with Crippen LogP contribution in [0, 0.1) is 0 Å². The smallest absolute Gasteiger partial charge is 0.0258 e. The highest BCUT2D eigenvalue weighted by Gasteiger charge is 2.08. The average Bonchev–Trinajstić information content (AvgIpc) is 2.14. The highest BCUT2D eigenvalue weighted by atomic mass is 15.5. The van der Waals surface area contributed by atoms with Gasteiger partial charge < -0.3 is 4.90 Å². The summed E-state index contributed by atoms with van der Waals surface area (Å²) in [6.45, 7) is 4.74. The molecule has 0 spiro atoms. The second kappa shape index (κ2) is 3.91.